The van der Waals surface area contributed by atoms with Gasteiger partial charge in [-0.25, -0.2) is 14.8 Å². The van der Waals surface area contributed by atoms with Gasteiger partial charge in [-0.2, -0.15) is 0 Å². The fourth-order valence-corrected chi connectivity index (χ4v) is 2.79. The van der Waals surface area contributed by atoms with E-state index in [1.807, 2.05) is 4.90 Å². The van der Waals surface area contributed by atoms with Crippen molar-refractivity contribution in [3.63, 3.8) is 0 Å². The molecule has 3 heterocycles. The number of piperazine rings is 1. The standard InChI is InChI=1S/C16H15F2N5O3/c17-16(18)25-12-3-2-11(10-13(12)26-16)21-15(24)23-8-6-22(7-9-23)14-19-4-1-5-20-14/h1-5,10H,6-9H2,(H,21,24). The SMILES string of the molecule is O=C(Nc1ccc2c(c1)OC(F)(F)O2)N1CCN(c2ncccn2)CC1. The van der Waals surface area contributed by atoms with Gasteiger partial charge in [0.25, 0.3) is 0 Å². The number of hydrogen-bond donors (Lipinski definition) is 1. The molecular formula is C16H15F2N5O3. The van der Waals surface area contributed by atoms with Crippen LogP contribution < -0.4 is 19.7 Å². The van der Waals surface area contributed by atoms with Crippen LogP contribution in [0.4, 0.5) is 25.2 Å². The number of benzene rings is 1. The van der Waals surface area contributed by atoms with Gasteiger partial charge in [-0.3, -0.25) is 0 Å². The molecule has 10 heteroatoms. The first kappa shape index (κ1) is 16.3. The van der Waals surface area contributed by atoms with E-state index in [1.165, 1.54) is 18.2 Å². The second-order valence-corrected chi connectivity index (χ2v) is 5.78. The molecule has 0 radical (unpaired) electrons. The van der Waals surface area contributed by atoms with Crippen LogP contribution in [0.3, 0.4) is 0 Å². The fourth-order valence-electron chi connectivity index (χ4n) is 2.79. The topological polar surface area (TPSA) is 79.8 Å². The van der Waals surface area contributed by atoms with Crippen molar-refractivity contribution >= 4 is 17.7 Å². The van der Waals surface area contributed by atoms with Gasteiger partial charge >= 0.3 is 12.3 Å². The van der Waals surface area contributed by atoms with Crippen LogP contribution in [-0.2, 0) is 0 Å². The number of fused-ring (bicyclic) bond motifs is 1. The lowest BCUT2D eigenvalue weighted by atomic mass is 10.3. The smallest absolute Gasteiger partial charge is 0.395 e. The molecule has 2 aliphatic heterocycles. The normalized spacial score (nSPS) is 17.9. The number of urea groups is 1. The summed E-state index contributed by atoms with van der Waals surface area (Å²) in [5.41, 5.74) is 0.351. The Morgan fingerprint density at radius 3 is 2.50 bits per heavy atom. The number of anilines is 2. The number of rotatable bonds is 2. The van der Waals surface area contributed by atoms with E-state index in [4.69, 9.17) is 0 Å². The van der Waals surface area contributed by atoms with E-state index in [9.17, 15) is 13.6 Å². The van der Waals surface area contributed by atoms with Gasteiger partial charge < -0.3 is 24.6 Å². The Kier molecular flexibility index (Phi) is 3.94. The molecule has 2 amide bonds. The molecule has 0 unspecified atom stereocenters. The molecule has 4 rings (SSSR count). The Morgan fingerprint density at radius 2 is 1.77 bits per heavy atom. The highest BCUT2D eigenvalue weighted by molar-refractivity contribution is 5.90. The van der Waals surface area contributed by atoms with Crippen LogP contribution in [0.5, 0.6) is 11.5 Å². The molecule has 26 heavy (non-hydrogen) atoms. The number of alkyl halides is 2. The Balaban J connectivity index is 1.35. The van der Waals surface area contributed by atoms with Gasteiger partial charge in [0.2, 0.25) is 5.95 Å². The maximum Gasteiger partial charge on any atom is 0.586 e. The molecule has 1 aromatic heterocycles. The summed E-state index contributed by atoms with van der Waals surface area (Å²) in [5, 5.41) is 2.68. The quantitative estimate of drug-likeness (QED) is 0.881. The average molecular weight is 363 g/mol. The molecule has 0 aliphatic carbocycles. The Morgan fingerprint density at radius 1 is 1.08 bits per heavy atom. The van der Waals surface area contributed by atoms with Crippen LogP contribution >= 0.6 is 0 Å². The third-order valence-corrected chi connectivity index (χ3v) is 4.05. The summed E-state index contributed by atoms with van der Waals surface area (Å²) in [6.45, 7) is 2.19. The lowest BCUT2D eigenvalue weighted by Crippen LogP contribution is -2.50. The van der Waals surface area contributed by atoms with Gasteiger partial charge in [0.15, 0.2) is 11.5 Å². The zero-order valence-corrected chi connectivity index (χ0v) is 13.6. The number of carbonyl (C=O) groups excluding carboxylic acids is 1. The van der Waals surface area contributed by atoms with Crippen molar-refractivity contribution < 1.29 is 23.0 Å². The van der Waals surface area contributed by atoms with Crippen LogP contribution in [0, 0.1) is 0 Å². The zero-order chi connectivity index (χ0) is 18.1. The van der Waals surface area contributed by atoms with Gasteiger partial charge in [0.05, 0.1) is 0 Å². The van der Waals surface area contributed by atoms with E-state index >= 15 is 0 Å². The van der Waals surface area contributed by atoms with Gasteiger partial charge in [-0.15, -0.1) is 8.78 Å². The third-order valence-electron chi connectivity index (χ3n) is 4.05. The lowest BCUT2D eigenvalue weighted by Gasteiger charge is -2.34. The van der Waals surface area contributed by atoms with Crippen LogP contribution in [0.1, 0.15) is 0 Å². The van der Waals surface area contributed by atoms with Gasteiger partial charge in [0.1, 0.15) is 0 Å². The molecule has 136 valence electrons. The summed E-state index contributed by atoms with van der Waals surface area (Å²) < 4.78 is 34.8. The summed E-state index contributed by atoms with van der Waals surface area (Å²) >= 11 is 0. The number of halogens is 2. The first-order chi connectivity index (χ1) is 12.5. The molecular weight excluding hydrogens is 348 g/mol. The number of nitrogens with one attached hydrogen (secondary N) is 1. The van der Waals surface area contributed by atoms with Gasteiger partial charge in [-0.05, 0) is 18.2 Å². The van der Waals surface area contributed by atoms with E-state index in [2.05, 4.69) is 24.8 Å². The molecule has 1 N–H and O–H groups in total. The highest BCUT2D eigenvalue weighted by atomic mass is 19.3. The lowest BCUT2D eigenvalue weighted by molar-refractivity contribution is -0.286. The molecule has 2 aliphatic rings. The number of nitrogens with zero attached hydrogens (tertiary/aromatic N) is 4. The molecule has 0 saturated carbocycles. The fraction of sp³-hybridized carbons (Fsp3) is 0.312. The number of hydrogen-bond acceptors (Lipinski definition) is 6. The second kappa shape index (κ2) is 6.28. The first-order valence-electron chi connectivity index (χ1n) is 7.98. The van der Waals surface area contributed by atoms with Crippen molar-refractivity contribution in [2.45, 2.75) is 6.29 Å². The van der Waals surface area contributed by atoms with Crippen LogP contribution in [-0.4, -0.2) is 53.4 Å². The minimum atomic E-state index is -3.68. The predicted octanol–water partition coefficient (Wildman–Crippen LogP) is 2.15. The Labute approximate surface area is 147 Å². The van der Waals surface area contributed by atoms with Crippen LogP contribution in [0.25, 0.3) is 0 Å². The Hall–Kier alpha value is -3.17. The molecule has 1 aromatic carbocycles. The molecule has 0 bridgehead atoms. The number of aromatic nitrogens is 2. The largest absolute Gasteiger partial charge is 0.586 e. The number of ether oxygens (including phenoxy) is 2. The summed E-state index contributed by atoms with van der Waals surface area (Å²) in [5.74, 6) is 0.451. The summed E-state index contributed by atoms with van der Waals surface area (Å²) in [6, 6.07) is 5.55. The van der Waals surface area contributed by atoms with Crippen molar-refractivity contribution in [1.29, 1.82) is 0 Å². The van der Waals surface area contributed by atoms with Gasteiger partial charge in [-0.1, -0.05) is 0 Å². The number of amides is 2. The Bertz CT molecular complexity index is 813. The number of carbonyl (C=O) groups is 1. The third kappa shape index (κ3) is 3.30. The highest BCUT2D eigenvalue weighted by Crippen LogP contribution is 2.42. The van der Waals surface area contributed by atoms with E-state index in [0.717, 1.165) is 0 Å². The van der Waals surface area contributed by atoms with Crippen molar-refractivity contribution in [2.75, 3.05) is 36.4 Å². The first-order valence-corrected chi connectivity index (χ1v) is 7.98. The summed E-state index contributed by atoms with van der Waals surface area (Å²) in [4.78, 5) is 24.4. The molecule has 1 saturated heterocycles. The van der Waals surface area contributed by atoms with Crippen molar-refractivity contribution in [3.8, 4) is 11.5 Å². The van der Waals surface area contributed by atoms with Crippen molar-refractivity contribution in [3.05, 3.63) is 36.7 Å². The second-order valence-electron chi connectivity index (χ2n) is 5.78. The zero-order valence-electron chi connectivity index (χ0n) is 13.6. The van der Waals surface area contributed by atoms with E-state index in [-0.39, 0.29) is 17.5 Å². The molecule has 0 spiro atoms. The molecule has 2 aromatic rings. The minimum absolute atomic E-state index is 0.0653. The molecule has 1 fully saturated rings. The summed E-state index contributed by atoms with van der Waals surface area (Å²) in [7, 11) is 0. The highest BCUT2D eigenvalue weighted by Gasteiger charge is 2.43. The van der Waals surface area contributed by atoms with E-state index < -0.39 is 6.29 Å². The van der Waals surface area contributed by atoms with Crippen LogP contribution in [0.15, 0.2) is 36.7 Å². The van der Waals surface area contributed by atoms with E-state index in [0.29, 0.717) is 37.8 Å². The molecule has 8 nitrogen and oxygen atoms in total. The maximum absolute atomic E-state index is 13.0. The van der Waals surface area contributed by atoms with Gasteiger partial charge in [0, 0.05) is 50.3 Å². The minimum Gasteiger partial charge on any atom is -0.395 e. The van der Waals surface area contributed by atoms with Crippen molar-refractivity contribution in [1.82, 2.24) is 14.9 Å². The predicted molar refractivity (Wildman–Crippen MR) is 87.5 cm³/mol. The maximum atomic E-state index is 13.0. The van der Waals surface area contributed by atoms with E-state index in [1.54, 1.807) is 23.4 Å². The summed E-state index contributed by atoms with van der Waals surface area (Å²) in [6.07, 6.45) is -0.337. The van der Waals surface area contributed by atoms with Crippen molar-refractivity contribution in [2.24, 2.45) is 0 Å². The monoisotopic (exact) mass is 363 g/mol. The van der Waals surface area contributed by atoms with Crippen LogP contribution in [0.2, 0.25) is 0 Å². The molecule has 0 atom stereocenters. The average Bonchev–Trinajstić information content (AvgIpc) is 2.95.